The summed E-state index contributed by atoms with van der Waals surface area (Å²) in [4.78, 5) is 14.1. The Morgan fingerprint density at radius 3 is 1.23 bits per heavy atom. The predicted octanol–water partition coefficient (Wildman–Crippen LogP) is 3.92. The van der Waals surface area contributed by atoms with Crippen molar-refractivity contribution in [3.63, 3.8) is 0 Å². The van der Waals surface area contributed by atoms with Crippen LogP contribution in [0.25, 0.3) is 0 Å². The molecule has 0 spiro atoms. The van der Waals surface area contributed by atoms with Crippen LogP contribution < -0.4 is 0 Å². The SMILES string of the molecule is Cc1ccc(S(=O)(=O)N(C(=O)N(C(C)C)C(C)C)S(=O)(=O)c2ccc(C)cc2)cc1. The van der Waals surface area contributed by atoms with E-state index in [2.05, 4.69) is 0 Å². The molecule has 0 bridgehead atoms. The highest BCUT2D eigenvalue weighted by atomic mass is 32.3. The molecule has 9 heteroatoms. The van der Waals surface area contributed by atoms with Crippen LogP contribution in [0.3, 0.4) is 0 Å². The van der Waals surface area contributed by atoms with Crippen molar-refractivity contribution in [1.29, 1.82) is 0 Å². The molecule has 0 saturated heterocycles. The lowest BCUT2D eigenvalue weighted by molar-refractivity contribution is 0.159. The highest BCUT2D eigenvalue weighted by Gasteiger charge is 2.44. The van der Waals surface area contributed by atoms with Crippen LogP contribution in [0, 0.1) is 13.8 Å². The highest BCUT2D eigenvalue weighted by Crippen LogP contribution is 2.27. The van der Waals surface area contributed by atoms with E-state index in [1.54, 1.807) is 65.8 Å². The number of hydrogen-bond donors (Lipinski definition) is 0. The summed E-state index contributed by atoms with van der Waals surface area (Å²) in [6.45, 7) is 10.4. The molecule has 2 aromatic carbocycles. The second kappa shape index (κ2) is 8.77. The fraction of sp³-hybridized carbons (Fsp3) is 0.381. The first-order chi connectivity index (χ1) is 13.8. The summed E-state index contributed by atoms with van der Waals surface area (Å²) in [6.07, 6.45) is 0. The summed E-state index contributed by atoms with van der Waals surface area (Å²) in [6, 6.07) is 9.45. The standard InChI is InChI=1S/C21H28N2O5S2/c1-15(2)22(16(3)4)21(24)23(29(25,26)19-11-7-17(5)8-12-19)30(27,28)20-13-9-18(6)10-14-20/h7-16H,1-6H3. The van der Waals surface area contributed by atoms with Crippen LogP contribution in [0.1, 0.15) is 38.8 Å². The Kier molecular flexibility index (Phi) is 6.98. The fourth-order valence-electron chi connectivity index (χ4n) is 3.08. The monoisotopic (exact) mass is 452 g/mol. The van der Waals surface area contributed by atoms with Crippen molar-refractivity contribution in [3.8, 4) is 0 Å². The molecule has 2 aromatic rings. The predicted molar refractivity (Wildman–Crippen MR) is 116 cm³/mol. The Morgan fingerprint density at radius 1 is 0.667 bits per heavy atom. The number of amides is 2. The fourth-order valence-corrected chi connectivity index (χ4v) is 6.57. The molecule has 0 aliphatic heterocycles. The molecule has 164 valence electrons. The molecule has 7 nitrogen and oxygen atoms in total. The number of benzene rings is 2. The molecule has 0 aliphatic rings. The summed E-state index contributed by atoms with van der Waals surface area (Å²) in [7, 11) is -9.38. The first-order valence-corrected chi connectivity index (χ1v) is 12.4. The van der Waals surface area contributed by atoms with Crippen LogP contribution in [0.5, 0.6) is 0 Å². The normalized spacial score (nSPS) is 12.3. The van der Waals surface area contributed by atoms with Gasteiger partial charge in [0.1, 0.15) is 0 Å². The van der Waals surface area contributed by atoms with Gasteiger partial charge in [0, 0.05) is 12.1 Å². The van der Waals surface area contributed by atoms with Gasteiger partial charge < -0.3 is 4.90 Å². The van der Waals surface area contributed by atoms with Gasteiger partial charge in [-0.15, -0.1) is 3.71 Å². The number of nitrogens with zero attached hydrogens (tertiary/aromatic N) is 2. The van der Waals surface area contributed by atoms with E-state index >= 15 is 0 Å². The van der Waals surface area contributed by atoms with Gasteiger partial charge in [0.25, 0.3) is 20.0 Å². The van der Waals surface area contributed by atoms with Crippen LogP contribution in [-0.4, -0.2) is 43.6 Å². The molecular formula is C21H28N2O5S2. The summed E-state index contributed by atoms with van der Waals surface area (Å²) >= 11 is 0. The van der Waals surface area contributed by atoms with Crippen LogP contribution in [0.15, 0.2) is 58.3 Å². The third kappa shape index (κ3) is 4.67. The second-order valence-corrected chi connectivity index (χ2v) is 11.5. The van der Waals surface area contributed by atoms with Crippen LogP contribution >= 0.6 is 0 Å². The highest BCUT2D eigenvalue weighted by molar-refractivity contribution is 8.04. The Bertz CT molecular complexity index is 1020. The number of carbonyl (C=O) groups is 1. The van der Waals surface area contributed by atoms with E-state index in [9.17, 15) is 21.6 Å². The van der Waals surface area contributed by atoms with E-state index in [0.717, 1.165) is 11.1 Å². The number of aryl methyl sites for hydroxylation is 2. The van der Waals surface area contributed by atoms with Gasteiger partial charge in [-0.1, -0.05) is 35.4 Å². The average molecular weight is 453 g/mol. The van der Waals surface area contributed by atoms with Gasteiger partial charge in [0.2, 0.25) is 0 Å². The zero-order chi connectivity index (χ0) is 22.9. The van der Waals surface area contributed by atoms with Crippen molar-refractivity contribution < 1.29 is 21.6 Å². The smallest absolute Gasteiger partial charge is 0.318 e. The Morgan fingerprint density at radius 2 is 0.967 bits per heavy atom. The maximum absolute atomic E-state index is 13.4. The van der Waals surface area contributed by atoms with E-state index in [1.807, 2.05) is 0 Å². The van der Waals surface area contributed by atoms with Gasteiger partial charge in [0.05, 0.1) is 9.79 Å². The maximum atomic E-state index is 13.4. The molecule has 0 saturated carbocycles. The zero-order valence-corrected chi connectivity index (χ0v) is 19.7. The first kappa shape index (κ1) is 23.9. The third-order valence-electron chi connectivity index (χ3n) is 4.56. The Balaban J connectivity index is 2.76. The largest absolute Gasteiger partial charge is 0.349 e. The molecule has 2 rings (SSSR count). The number of rotatable bonds is 6. The van der Waals surface area contributed by atoms with Gasteiger partial charge in [-0.25, -0.2) is 4.79 Å². The molecular weight excluding hydrogens is 424 g/mol. The molecule has 0 unspecified atom stereocenters. The minimum atomic E-state index is -4.69. The van der Waals surface area contributed by atoms with E-state index in [1.165, 1.54) is 29.2 Å². The van der Waals surface area contributed by atoms with Crippen molar-refractivity contribution in [2.75, 3.05) is 0 Å². The number of urea groups is 1. The summed E-state index contributed by atoms with van der Waals surface area (Å²) in [5.74, 6) is 0. The molecule has 0 heterocycles. The van der Waals surface area contributed by atoms with Crippen molar-refractivity contribution in [1.82, 2.24) is 8.61 Å². The second-order valence-electron chi connectivity index (χ2n) is 7.71. The lowest BCUT2D eigenvalue weighted by Crippen LogP contribution is -2.53. The van der Waals surface area contributed by atoms with Crippen molar-refractivity contribution in [2.45, 2.75) is 63.4 Å². The lowest BCUT2D eigenvalue weighted by atomic mass is 10.2. The topological polar surface area (TPSA) is 91.8 Å². The van der Waals surface area contributed by atoms with Gasteiger partial charge >= 0.3 is 6.03 Å². The van der Waals surface area contributed by atoms with Crippen LogP contribution in [0.2, 0.25) is 0 Å². The molecule has 0 aliphatic carbocycles. The summed E-state index contributed by atoms with van der Waals surface area (Å²) in [5, 5.41) is 0. The lowest BCUT2D eigenvalue weighted by Gasteiger charge is -2.34. The van der Waals surface area contributed by atoms with Gasteiger partial charge in [-0.3, -0.25) is 0 Å². The quantitative estimate of drug-likeness (QED) is 0.662. The molecule has 2 amide bonds. The average Bonchev–Trinajstić information content (AvgIpc) is 2.61. The van der Waals surface area contributed by atoms with Crippen LogP contribution in [-0.2, 0) is 20.0 Å². The Labute approximate surface area is 179 Å². The number of hydrogen-bond acceptors (Lipinski definition) is 5. The molecule has 0 radical (unpaired) electrons. The third-order valence-corrected chi connectivity index (χ3v) is 8.66. The van der Waals surface area contributed by atoms with E-state index < -0.39 is 38.2 Å². The van der Waals surface area contributed by atoms with E-state index in [4.69, 9.17) is 0 Å². The maximum Gasteiger partial charge on any atom is 0.349 e. The zero-order valence-electron chi connectivity index (χ0n) is 18.0. The van der Waals surface area contributed by atoms with E-state index in [-0.39, 0.29) is 13.5 Å². The number of sulfonamides is 2. The van der Waals surface area contributed by atoms with E-state index in [0.29, 0.717) is 0 Å². The minimum Gasteiger partial charge on any atom is -0.318 e. The summed E-state index contributed by atoms with van der Waals surface area (Å²) in [5.41, 5.74) is 1.61. The molecule has 0 aromatic heterocycles. The molecule has 30 heavy (non-hydrogen) atoms. The van der Waals surface area contributed by atoms with Crippen molar-refractivity contribution >= 4 is 26.1 Å². The molecule has 0 atom stereocenters. The van der Waals surface area contributed by atoms with Crippen molar-refractivity contribution in [2.24, 2.45) is 0 Å². The Hall–Kier alpha value is -2.39. The number of carbonyl (C=O) groups excluding carboxylic acids is 1. The van der Waals surface area contributed by atoms with Gasteiger partial charge in [0.15, 0.2) is 0 Å². The van der Waals surface area contributed by atoms with Crippen LogP contribution in [0.4, 0.5) is 4.79 Å². The minimum absolute atomic E-state index is 0.0231. The van der Waals surface area contributed by atoms with Gasteiger partial charge in [-0.2, -0.15) is 16.8 Å². The molecule has 0 N–H and O–H groups in total. The first-order valence-electron chi connectivity index (χ1n) is 9.56. The van der Waals surface area contributed by atoms with Crippen molar-refractivity contribution in [3.05, 3.63) is 59.7 Å². The molecule has 0 fully saturated rings. The summed E-state index contributed by atoms with van der Waals surface area (Å²) < 4.78 is 53.7. The van der Waals surface area contributed by atoms with Gasteiger partial charge in [-0.05, 0) is 65.8 Å².